The molecule has 2 aliphatic carbocycles. The van der Waals surface area contributed by atoms with E-state index in [1.807, 2.05) is 11.3 Å². The third-order valence-corrected chi connectivity index (χ3v) is 15.4. The van der Waals surface area contributed by atoms with Crippen molar-refractivity contribution >= 4 is 87.6 Å². The van der Waals surface area contributed by atoms with Crippen LogP contribution in [0, 0.1) is 0 Å². The average Bonchev–Trinajstić information content (AvgIpc) is 4.02. The minimum absolute atomic E-state index is 0.0892. The molecule has 9 aromatic carbocycles. The topological polar surface area (TPSA) is 19.6 Å². The van der Waals surface area contributed by atoms with E-state index in [0.717, 1.165) is 56.1 Å². The minimum atomic E-state index is -0.100. The molecule has 2 aromatic heterocycles. The molecule has 0 unspecified atom stereocenters. The number of fused-ring (bicyclic) bond motifs is 12. The van der Waals surface area contributed by atoms with Gasteiger partial charge in [-0.1, -0.05) is 137 Å². The Hall–Kier alpha value is -7.40. The second-order valence-corrected chi connectivity index (χ2v) is 19.6. The highest BCUT2D eigenvalue weighted by atomic mass is 32.1. The SMILES string of the molecule is CC1(C)c2ccccc2-c2cc(N(c3cccc(N(c4ccc5c(c4)-c4ccccc4C5(C)C)c4cccc5oc6ccccc6c45)c3)c3ccc4sc5ccccc5c4c3)ccc21. The van der Waals surface area contributed by atoms with E-state index in [1.54, 1.807) is 0 Å². The molecular weight excluding hydrogens is 797 g/mol. The largest absolute Gasteiger partial charge is 0.456 e. The maximum absolute atomic E-state index is 6.54. The van der Waals surface area contributed by atoms with Crippen molar-refractivity contribution in [1.82, 2.24) is 0 Å². The quantitative estimate of drug-likeness (QED) is 0.166. The molecule has 0 atom stereocenters. The van der Waals surface area contributed by atoms with E-state index >= 15 is 0 Å². The molecule has 13 rings (SSSR count). The Kier molecular flexibility index (Phi) is 7.87. The van der Waals surface area contributed by atoms with Crippen LogP contribution >= 0.6 is 11.3 Å². The predicted octanol–water partition coefficient (Wildman–Crippen LogP) is 17.5. The molecular formula is C60H44N2OS. The Morgan fingerprint density at radius 1 is 0.359 bits per heavy atom. The molecule has 0 saturated carbocycles. The number of thiophene rings is 1. The fourth-order valence-corrected chi connectivity index (χ4v) is 12.2. The van der Waals surface area contributed by atoms with Crippen LogP contribution in [0.15, 0.2) is 199 Å². The lowest BCUT2D eigenvalue weighted by Gasteiger charge is -2.31. The normalized spacial score (nSPS) is 14.2. The summed E-state index contributed by atoms with van der Waals surface area (Å²) in [5.74, 6) is 0. The highest BCUT2D eigenvalue weighted by Crippen LogP contribution is 2.54. The van der Waals surface area contributed by atoms with Gasteiger partial charge in [0.15, 0.2) is 0 Å². The van der Waals surface area contributed by atoms with Gasteiger partial charge >= 0.3 is 0 Å². The summed E-state index contributed by atoms with van der Waals surface area (Å²) in [5.41, 5.74) is 18.7. The van der Waals surface area contributed by atoms with Crippen molar-refractivity contribution < 1.29 is 4.42 Å². The highest BCUT2D eigenvalue weighted by Gasteiger charge is 2.37. The molecule has 0 aliphatic heterocycles. The number of benzene rings is 9. The zero-order chi connectivity index (χ0) is 42.9. The van der Waals surface area contributed by atoms with Crippen molar-refractivity contribution in [2.45, 2.75) is 38.5 Å². The lowest BCUT2D eigenvalue weighted by molar-refractivity contribution is 0.660. The second-order valence-electron chi connectivity index (χ2n) is 18.5. The molecule has 2 aliphatic rings. The van der Waals surface area contributed by atoms with Gasteiger partial charge in [0.05, 0.1) is 11.1 Å². The molecule has 2 heterocycles. The Bertz CT molecular complexity index is 3720. The van der Waals surface area contributed by atoms with Crippen LogP contribution in [-0.4, -0.2) is 0 Å². The molecule has 0 spiro atoms. The third-order valence-electron chi connectivity index (χ3n) is 14.2. The maximum Gasteiger partial charge on any atom is 0.137 e. The first-order chi connectivity index (χ1) is 31.2. The van der Waals surface area contributed by atoms with E-state index in [4.69, 9.17) is 4.42 Å². The van der Waals surface area contributed by atoms with Gasteiger partial charge in [-0.3, -0.25) is 0 Å². The van der Waals surface area contributed by atoms with Gasteiger partial charge in [-0.25, -0.2) is 0 Å². The summed E-state index contributed by atoms with van der Waals surface area (Å²) in [6.45, 7) is 9.40. The number of para-hydroxylation sites is 1. The van der Waals surface area contributed by atoms with E-state index in [0.29, 0.717) is 0 Å². The van der Waals surface area contributed by atoms with Gasteiger partial charge in [0, 0.05) is 64.8 Å². The fourth-order valence-electron chi connectivity index (χ4n) is 11.1. The first-order valence-electron chi connectivity index (χ1n) is 22.2. The van der Waals surface area contributed by atoms with Crippen LogP contribution in [0.3, 0.4) is 0 Å². The van der Waals surface area contributed by atoms with E-state index in [-0.39, 0.29) is 10.8 Å². The van der Waals surface area contributed by atoms with Gasteiger partial charge < -0.3 is 14.2 Å². The van der Waals surface area contributed by atoms with Crippen LogP contribution in [-0.2, 0) is 10.8 Å². The molecule has 0 amide bonds. The van der Waals surface area contributed by atoms with Gasteiger partial charge in [-0.05, 0) is 129 Å². The van der Waals surface area contributed by atoms with Gasteiger partial charge in [-0.2, -0.15) is 0 Å². The summed E-state index contributed by atoms with van der Waals surface area (Å²) >= 11 is 1.86. The number of nitrogens with zero attached hydrogens (tertiary/aromatic N) is 2. The first kappa shape index (κ1) is 37.2. The van der Waals surface area contributed by atoms with Crippen LogP contribution in [0.1, 0.15) is 49.9 Å². The van der Waals surface area contributed by atoms with Crippen molar-refractivity contribution in [1.29, 1.82) is 0 Å². The summed E-state index contributed by atoms with van der Waals surface area (Å²) in [6.07, 6.45) is 0. The van der Waals surface area contributed by atoms with Gasteiger partial charge in [0.25, 0.3) is 0 Å². The van der Waals surface area contributed by atoms with Crippen molar-refractivity contribution in [2.24, 2.45) is 0 Å². The zero-order valence-corrected chi connectivity index (χ0v) is 37.0. The molecule has 0 radical (unpaired) electrons. The van der Waals surface area contributed by atoms with Crippen molar-refractivity contribution in [2.75, 3.05) is 9.80 Å². The number of anilines is 6. The van der Waals surface area contributed by atoms with Gasteiger partial charge in [0.2, 0.25) is 0 Å². The van der Waals surface area contributed by atoms with Gasteiger partial charge in [-0.15, -0.1) is 11.3 Å². The molecule has 0 bridgehead atoms. The lowest BCUT2D eigenvalue weighted by atomic mass is 9.82. The van der Waals surface area contributed by atoms with Crippen molar-refractivity contribution in [3.63, 3.8) is 0 Å². The summed E-state index contributed by atoms with van der Waals surface area (Å²) in [4.78, 5) is 4.90. The standard InChI is InChI=1S/C60H44N2OS/c1-59(2)49-21-9-5-17-42(49)46-34-39(27-30-51(46)59)61(40-29-32-57-48(36-40)44-19-8-12-26-56(44)64-57)37-15-13-16-38(33-37)62(53-23-14-25-55-58(53)45-20-7-11-24-54(45)63-55)41-28-31-52-47(35-41)43-18-6-10-22-50(43)60(52,3)4/h5-36H,1-4H3. The number of rotatable bonds is 6. The van der Waals surface area contributed by atoms with E-state index in [2.05, 4.69) is 232 Å². The van der Waals surface area contributed by atoms with Crippen LogP contribution in [0.25, 0.3) is 64.4 Å². The number of hydrogen-bond donors (Lipinski definition) is 0. The zero-order valence-electron chi connectivity index (χ0n) is 36.2. The number of furan rings is 1. The minimum Gasteiger partial charge on any atom is -0.456 e. The fraction of sp³-hybridized carbons (Fsp3) is 0.100. The van der Waals surface area contributed by atoms with Crippen molar-refractivity contribution in [3.8, 4) is 22.3 Å². The molecule has 11 aromatic rings. The first-order valence-corrected chi connectivity index (χ1v) is 23.1. The molecule has 0 N–H and O–H groups in total. The Balaban J connectivity index is 1.05. The third kappa shape index (κ3) is 5.33. The second kappa shape index (κ2) is 13.6. The molecule has 0 fully saturated rings. The Labute approximate surface area is 377 Å². The van der Waals surface area contributed by atoms with Crippen LogP contribution in [0.4, 0.5) is 34.1 Å². The summed E-state index contributed by atoms with van der Waals surface area (Å²) < 4.78 is 9.13. The van der Waals surface area contributed by atoms with Gasteiger partial charge in [0.1, 0.15) is 11.2 Å². The lowest BCUT2D eigenvalue weighted by Crippen LogP contribution is -2.16. The monoisotopic (exact) mass is 840 g/mol. The highest BCUT2D eigenvalue weighted by molar-refractivity contribution is 7.25. The molecule has 306 valence electrons. The molecule has 0 saturated heterocycles. The molecule has 3 nitrogen and oxygen atoms in total. The van der Waals surface area contributed by atoms with Crippen LogP contribution in [0.2, 0.25) is 0 Å². The van der Waals surface area contributed by atoms with Crippen LogP contribution < -0.4 is 9.80 Å². The molecule has 64 heavy (non-hydrogen) atoms. The number of hydrogen-bond acceptors (Lipinski definition) is 4. The van der Waals surface area contributed by atoms with Crippen LogP contribution in [0.5, 0.6) is 0 Å². The van der Waals surface area contributed by atoms with E-state index < -0.39 is 0 Å². The Morgan fingerprint density at radius 3 is 1.58 bits per heavy atom. The molecule has 4 heteroatoms. The summed E-state index contributed by atoms with van der Waals surface area (Å²) in [7, 11) is 0. The summed E-state index contributed by atoms with van der Waals surface area (Å²) in [5, 5.41) is 4.75. The van der Waals surface area contributed by atoms with E-state index in [1.165, 1.54) is 64.7 Å². The van der Waals surface area contributed by atoms with Crippen molar-refractivity contribution in [3.05, 3.63) is 216 Å². The average molecular weight is 841 g/mol. The van der Waals surface area contributed by atoms with E-state index in [9.17, 15) is 0 Å². The summed E-state index contributed by atoms with van der Waals surface area (Å²) in [6, 6.07) is 71.7. The Morgan fingerprint density at radius 2 is 0.859 bits per heavy atom. The smallest absolute Gasteiger partial charge is 0.137 e. The predicted molar refractivity (Wildman–Crippen MR) is 271 cm³/mol. The maximum atomic E-state index is 6.54.